The minimum atomic E-state index is -0.152. The van der Waals surface area contributed by atoms with E-state index >= 15 is 0 Å². The van der Waals surface area contributed by atoms with E-state index in [1.807, 2.05) is 14.1 Å². The molecular formula is C16H21ClN4O2. The van der Waals surface area contributed by atoms with E-state index in [1.165, 1.54) is 4.68 Å². The van der Waals surface area contributed by atoms with Crippen molar-refractivity contribution in [2.24, 2.45) is 0 Å². The summed E-state index contributed by atoms with van der Waals surface area (Å²) in [6, 6.07) is 8.71. The first-order valence-electron chi connectivity index (χ1n) is 7.39. The minimum absolute atomic E-state index is 0.152. The van der Waals surface area contributed by atoms with Gasteiger partial charge in [0.2, 0.25) is 0 Å². The van der Waals surface area contributed by atoms with Crippen molar-refractivity contribution in [2.75, 3.05) is 27.2 Å². The highest BCUT2D eigenvalue weighted by atomic mass is 35.5. The fourth-order valence-corrected chi connectivity index (χ4v) is 2.11. The SMILES string of the molecule is CN(C)CCCNC(=O)c1ccnn1COc1ccc(Cl)cc1. The van der Waals surface area contributed by atoms with Gasteiger partial charge in [-0.2, -0.15) is 5.10 Å². The molecule has 0 spiro atoms. The second-order valence-electron chi connectivity index (χ2n) is 5.36. The molecule has 1 aromatic carbocycles. The van der Waals surface area contributed by atoms with Crippen LogP contribution >= 0.6 is 11.6 Å². The molecule has 1 N–H and O–H groups in total. The average Bonchev–Trinajstić information content (AvgIpc) is 2.99. The number of halogens is 1. The molecule has 0 aliphatic heterocycles. The van der Waals surface area contributed by atoms with E-state index in [1.54, 1.807) is 36.5 Å². The molecule has 23 heavy (non-hydrogen) atoms. The summed E-state index contributed by atoms with van der Waals surface area (Å²) in [6.07, 6.45) is 2.48. The van der Waals surface area contributed by atoms with E-state index in [-0.39, 0.29) is 12.6 Å². The van der Waals surface area contributed by atoms with E-state index in [2.05, 4.69) is 15.3 Å². The molecule has 0 unspecified atom stereocenters. The molecule has 1 amide bonds. The Morgan fingerprint density at radius 3 is 2.74 bits per heavy atom. The Hall–Kier alpha value is -2.05. The minimum Gasteiger partial charge on any atom is -0.471 e. The van der Waals surface area contributed by atoms with Crippen molar-refractivity contribution in [1.82, 2.24) is 20.0 Å². The lowest BCUT2D eigenvalue weighted by atomic mass is 10.3. The Labute approximate surface area is 141 Å². The lowest BCUT2D eigenvalue weighted by molar-refractivity contribution is 0.0931. The van der Waals surface area contributed by atoms with Crippen molar-refractivity contribution in [3.63, 3.8) is 0 Å². The summed E-state index contributed by atoms with van der Waals surface area (Å²) in [5.74, 6) is 0.517. The zero-order valence-corrected chi connectivity index (χ0v) is 14.1. The molecule has 0 saturated heterocycles. The van der Waals surface area contributed by atoms with Crippen molar-refractivity contribution in [3.8, 4) is 5.75 Å². The van der Waals surface area contributed by atoms with Crippen molar-refractivity contribution in [1.29, 1.82) is 0 Å². The third kappa shape index (κ3) is 5.58. The summed E-state index contributed by atoms with van der Waals surface area (Å²) in [4.78, 5) is 14.2. The average molecular weight is 337 g/mol. The molecule has 124 valence electrons. The predicted molar refractivity (Wildman–Crippen MR) is 89.8 cm³/mol. The van der Waals surface area contributed by atoms with Gasteiger partial charge in [-0.05, 0) is 57.4 Å². The molecular weight excluding hydrogens is 316 g/mol. The Bertz CT molecular complexity index is 625. The summed E-state index contributed by atoms with van der Waals surface area (Å²) in [5.41, 5.74) is 0.476. The molecule has 2 aromatic rings. The van der Waals surface area contributed by atoms with Gasteiger partial charge in [0.15, 0.2) is 6.73 Å². The topological polar surface area (TPSA) is 59.4 Å². The number of nitrogens with one attached hydrogen (secondary N) is 1. The van der Waals surface area contributed by atoms with Gasteiger partial charge in [-0.25, -0.2) is 4.68 Å². The summed E-state index contributed by atoms with van der Waals surface area (Å²) in [7, 11) is 4.01. The van der Waals surface area contributed by atoms with E-state index in [9.17, 15) is 4.79 Å². The summed E-state index contributed by atoms with van der Waals surface area (Å²) >= 11 is 5.83. The zero-order valence-electron chi connectivity index (χ0n) is 13.3. The van der Waals surface area contributed by atoms with E-state index < -0.39 is 0 Å². The highest BCUT2D eigenvalue weighted by Crippen LogP contribution is 2.16. The molecule has 7 heteroatoms. The monoisotopic (exact) mass is 336 g/mol. The van der Waals surface area contributed by atoms with Crippen molar-refractivity contribution >= 4 is 17.5 Å². The molecule has 2 rings (SSSR count). The predicted octanol–water partition coefficient (Wildman–Crippen LogP) is 2.25. The van der Waals surface area contributed by atoms with Crippen LogP contribution in [0.2, 0.25) is 5.02 Å². The number of hydrogen-bond acceptors (Lipinski definition) is 4. The van der Waals surface area contributed by atoms with Crippen molar-refractivity contribution in [3.05, 3.63) is 47.2 Å². The molecule has 1 heterocycles. The van der Waals surface area contributed by atoms with Gasteiger partial charge in [0, 0.05) is 17.8 Å². The second kappa shape index (κ2) is 8.55. The van der Waals surface area contributed by atoms with E-state index in [4.69, 9.17) is 16.3 Å². The standard InChI is InChI=1S/C16H21ClN4O2/c1-20(2)11-3-9-18-16(22)15-8-10-19-21(15)12-23-14-6-4-13(17)5-7-14/h4-8,10H,3,9,11-12H2,1-2H3,(H,18,22). The first-order valence-corrected chi connectivity index (χ1v) is 7.77. The summed E-state index contributed by atoms with van der Waals surface area (Å²) in [6.45, 7) is 1.72. The van der Waals surface area contributed by atoms with Gasteiger partial charge >= 0.3 is 0 Å². The van der Waals surface area contributed by atoms with Crippen LogP contribution in [0, 0.1) is 0 Å². The van der Waals surface area contributed by atoms with Crippen LogP contribution in [0.25, 0.3) is 0 Å². The van der Waals surface area contributed by atoms with Crippen LogP contribution < -0.4 is 10.1 Å². The Balaban J connectivity index is 1.86. The number of ether oxygens (including phenoxy) is 1. The summed E-state index contributed by atoms with van der Waals surface area (Å²) in [5, 5.41) is 7.66. The number of carbonyl (C=O) groups excluding carboxylic acids is 1. The molecule has 0 aliphatic carbocycles. The number of aromatic nitrogens is 2. The lowest BCUT2D eigenvalue weighted by Gasteiger charge is -2.11. The van der Waals surface area contributed by atoms with Crippen LogP contribution in [0.4, 0.5) is 0 Å². The first-order chi connectivity index (χ1) is 11.1. The molecule has 0 bridgehead atoms. The second-order valence-corrected chi connectivity index (χ2v) is 5.79. The molecule has 0 radical (unpaired) electrons. The number of rotatable bonds is 8. The molecule has 1 aromatic heterocycles. The van der Waals surface area contributed by atoms with Crippen LogP contribution in [0.3, 0.4) is 0 Å². The van der Waals surface area contributed by atoms with Crippen LogP contribution in [0.5, 0.6) is 5.75 Å². The largest absolute Gasteiger partial charge is 0.471 e. The highest BCUT2D eigenvalue weighted by molar-refractivity contribution is 6.30. The van der Waals surface area contributed by atoms with Gasteiger partial charge < -0.3 is 15.0 Å². The van der Waals surface area contributed by atoms with Gasteiger partial charge in [0.25, 0.3) is 5.91 Å². The maximum atomic E-state index is 12.2. The van der Waals surface area contributed by atoms with E-state index in [0.717, 1.165) is 13.0 Å². The fourth-order valence-electron chi connectivity index (χ4n) is 1.98. The molecule has 0 aliphatic rings. The van der Waals surface area contributed by atoms with Crippen LogP contribution in [-0.2, 0) is 6.73 Å². The third-order valence-corrected chi connectivity index (χ3v) is 3.44. The van der Waals surface area contributed by atoms with Crippen LogP contribution in [0.1, 0.15) is 16.9 Å². The Morgan fingerprint density at radius 2 is 2.04 bits per heavy atom. The molecule has 0 fully saturated rings. The number of nitrogens with zero attached hydrogens (tertiary/aromatic N) is 3. The Kier molecular flexibility index (Phi) is 6.43. The maximum absolute atomic E-state index is 12.2. The van der Waals surface area contributed by atoms with Gasteiger partial charge in [-0.3, -0.25) is 4.79 Å². The van der Waals surface area contributed by atoms with Crippen molar-refractivity contribution in [2.45, 2.75) is 13.2 Å². The number of carbonyl (C=O) groups is 1. The summed E-state index contributed by atoms with van der Waals surface area (Å²) < 4.78 is 7.13. The fraction of sp³-hybridized carbons (Fsp3) is 0.375. The third-order valence-electron chi connectivity index (χ3n) is 3.18. The number of amides is 1. The Morgan fingerprint density at radius 1 is 1.30 bits per heavy atom. The zero-order chi connectivity index (χ0) is 16.7. The van der Waals surface area contributed by atoms with Gasteiger partial charge in [0.05, 0.1) is 0 Å². The lowest BCUT2D eigenvalue weighted by Crippen LogP contribution is -2.29. The first kappa shape index (κ1) is 17.3. The quantitative estimate of drug-likeness (QED) is 0.751. The van der Waals surface area contributed by atoms with Crippen LogP contribution in [0.15, 0.2) is 36.5 Å². The molecule has 0 saturated carbocycles. The highest BCUT2D eigenvalue weighted by Gasteiger charge is 2.11. The normalized spacial score (nSPS) is 10.8. The molecule has 0 atom stereocenters. The number of benzene rings is 1. The van der Waals surface area contributed by atoms with Crippen LogP contribution in [-0.4, -0.2) is 47.8 Å². The van der Waals surface area contributed by atoms with Gasteiger partial charge in [-0.1, -0.05) is 11.6 Å². The smallest absolute Gasteiger partial charge is 0.269 e. The molecule has 6 nitrogen and oxygen atoms in total. The maximum Gasteiger partial charge on any atom is 0.269 e. The van der Waals surface area contributed by atoms with E-state index in [0.29, 0.717) is 23.0 Å². The van der Waals surface area contributed by atoms with Gasteiger partial charge in [-0.15, -0.1) is 0 Å². The number of hydrogen-bond donors (Lipinski definition) is 1. The van der Waals surface area contributed by atoms with Gasteiger partial charge in [0.1, 0.15) is 11.4 Å². The van der Waals surface area contributed by atoms with Crippen molar-refractivity contribution < 1.29 is 9.53 Å².